The lowest BCUT2D eigenvalue weighted by molar-refractivity contribution is -0.0527. The molecule has 2 nitrogen and oxygen atoms in total. The van der Waals surface area contributed by atoms with E-state index in [1.165, 1.54) is 38.3 Å². The summed E-state index contributed by atoms with van der Waals surface area (Å²) in [5.41, 5.74) is 0.837. The number of hydrogen-bond donors (Lipinski definition) is 1. The molecule has 21 heavy (non-hydrogen) atoms. The summed E-state index contributed by atoms with van der Waals surface area (Å²) in [4.78, 5) is 3.92. The average Bonchev–Trinajstić information content (AvgIpc) is 2.46. The zero-order valence-corrected chi connectivity index (χ0v) is 12.8. The van der Waals surface area contributed by atoms with Gasteiger partial charge >= 0.3 is 0 Å². The predicted octanol–water partition coefficient (Wildman–Crippen LogP) is 3.94. The third-order valence-corrected chi connectivity index (χ3v) is 6.25. The molecule has 4 bridgehead atoms. The van der Waals surface area contributed by atoms with Crippen LogP contribution in [-0.4, -0.2) is 11.5 Å². The Labute approximate surface area is 126 Å². The molecular weight excluding hydrogens is 263 g/mol. The molecule has 0 radical (unpaired) electrons. The van der Waals surface area contributed by atoms with Crippen LogP contribution >= 0.6 is 0 Å². The van der Waals surface area contributed by atoms with Crippen LogP contribution < -0.4 is 5.32 Å². The van der Waals surface area contributed by atoms with Crippen molar-refractivity contribution in [3.8, 4) is 0 Å². The molecule has 4 aliphatic rings. The number of hydrogen-bond acceptors (Lipinski definition) is 2. The van der Waals surface area contributed by atoms with Gasteiger partial charge in [0.05, 0.1) is 6.20 Å². The summed E-state index contributed by atoms with van der Waals surface area (Å²) in [6.45, 7) is 3.03. The maximum atomic E-state index is 14.3. The van der Waals surface area contributed by atoms with E-state index in [0.717, 1.165) is 35.8 Å². The van der Waals surface area contributed by atoms with Crippen molar-refractivity contribution in [2.75, 3.05) is 6.54 Å². The van der Waals surface area contributed by atoms with Crippen molar-refractivity contribution < 1.29 is 4.39 Å². The van der Waals surface area contributed by atoms with Crippen molar-refractivity contribution in [1.29, 1.82) is 0 Å². The summed E-state index contributed by atoms with van der Waals surface area (Å²) in [5, 5.41) is 3.60. The van der Waals surface area contributed by atoms with E-state index in [-0.39, 0.29) is 11.9 Å². The van der Waals surface area contributed by atoms with Crippen LogP contribution in [0.25, 0.3) is 0 Å². The monoisotopic (exact) mass is 288 g/mol. The van der Waals surface area contributed by atoms with E-state index in [9.17, 15) is 4.39 Å². The van der Waals surface area contributed by atoms with Gasteiger partial charge in [-0.1, -0.05) is 6.92 Å². The van der Waals surface area contributed by atoms with Gasteiger partial charge in [0.1, 0.15) is 5.82 Å². The van der Waals surface area contributed by atoms with Crippen molar-refractivity contribution in [1.82, 2.24) is 10.3 Å². The van der Waals surface area contributed by atoms with Crippen LogP contribution in [0.15, 0.2) is 18.5 Å². The number of nitrogens with zero attached hydrogens (tertiary/aromatic N) is 1. The Balaban J connectivity index is 1.67. The minimum Gasteiger partial charge on any atom is -0.310 e. The smallest absolute Gasteiger partial charge is 0.146 e. The highest BCUT2D eigenvalue weighted by molar-refractivity contribution is 5.20. The van der Waals surface area contributed by atoms with Gasteiger partial charge in [-0.05, 0) is 74.3 Å². The zero-order valence-electron chi connectivity index (χ0n) is 12.8. The second-order valence-corrected chi connectivity index (χ2v) is 7.44. The summed E-state index contributed by atoms with van der Waals surface area (Å²) >= 11 is 0. The average molecular weight is 288 g/mol. The van der Waals surface area contributed by atoms with E-state index in [1.807, 2.05) is 6.07 Å². The first-order valence-electron chi connectivity index (χ1n) is 8.59. The van der Waals surface area contributed by atoms with Crippen molar-refractivity contribution in [3.63, 3.8) is 0 Å². The number of aromatic nitrogens is 1. The third-order valence-electron chi connectivity index (χ3n) is 6.25. The van der Waals surface area contributed by atoms with E-state index in [1.54, 1.807) is 6.20 Å². The normalized spacial score (nSPS) is 38.7. The SMILES string of the molecule is CCNC(c1ccncc1F)C1C2CC3CC(C2)CC1C3. The molecular formula is C18H25FN2. The Bertz CT molecular complexity index is 488. The van der Waals surface area contributed by atoms with E-state index < -0.39 is 0 Å². The van der Waals surface area contributed by atoms with Crippen LogP contribution in [0.2, 0.25) is 0 Å². The first-order valence-corrected chi connectivity index (χ1v) is 8.59. The fourth-order valence-corrected chi connectivity index (χ4v) is 5.82. The molecule has 0 aromatic carbocycles. The molecule has 1 unspecified atom stereocenters. The standard InChI is InChI=1S/C18H25FN2/c1-2-21-18(15-3-4-20-10-16(15)19)17-13-6-11-5-12(8-13)9-14(17)7-11/h3-4,10-14,17-18,21H,2,5-9H2,1H3. The summed E-state index contributed by atoms with van der Waals surface area (Å²) in [7, 11) is 0. The Hall–Kier alpha value is -0.960. The Morgan fingerprint density at radius 2 is 1.86 bits per heavy atom. The maximum Gasteiger partial charge on any atom is 0.146 e. The van der Waals surface area contributed by atoms with E-state index in [4.69, 9.17) is 0 Å². The van der Waals surface area contributed by atoms with Crippen molar-refractivity contribution in [3.05, 3.63) is 29.8 Å². The molecule has 4 fully saturated rings. The molecule has 0 spiro atoms. The lowest BCUT2D eigenvalue weighted by Crippen LogP contribution is -2.49. The third kappa shape index (κ3) is 2.30. The van der Waals surface area contributed by atoms with Crippen LogP contribution in [0, 0.1) is 35.4 Å². The molecule has 4 saturated carbocycles. The highest BCUT2D eigenvalue weighted by Gasteiger charge is 2.50. The molecule has 1 N–H and O–H groups in total. The maximum absolute atomic E-state index is 14.3. The van der Waals surface area contributed by atoms with Gasteiger partial charge in [0.15, 0.2) is 0 Å². The molecule has 4 aliphatic carbocycles. The molecule has 3 heteroatoms. The van der Waals surface area contributed by atoms with Crippen LogP contribution in [0.3, 0.4) is 0 Å². The number of halogens is 1. The summed E-state index contributed by atoms with van der Waals surface area (Å²) < 4.78 is 14.3. The topological polar surface area (TPSA) is 24.9 Å². The van der Waals surface area contributed by atoms with E-state index >= 15 is 0 Å². The van der Waals surface area contributed by atoms with Gasteiger partial charge in [-0.3, -0.25) is 4.98 Å². The van der Waals surface area contributed by atoms with Gasteiger partial charge in [0, 0.05) is 17.8 Å². The van der Waals surface area contributed by atoms with Gasteiger partial charge in [0.25, 0.3) is 0 Å². The molecule has 5 rings (SSSR count). The molecule has 1 heterocycles. The van der Waals surface area contributed by atoms with Crippen molar-refractivity contribution in [2.45, 2.75) is 45.1 Å². The minimum atomic E-state index is -0.141. The number of rotatable bonds is 4. The lowest BCUT2D eigenvalue weighted by Gasteiger charge is -2.56. The van der Waals surface area contributed by atoms with E-state index in [2.05, 4.69) is 17.2 Å². The molecule has 0 aliphatic heterocycles. The van der Waals surface area contributed by atoms with Gasteiger partial charge in [-0.25, -0.2) is 4.39 Å². The molecule has 114 valence electrons. The van der Waals surface area contributed by atoms with Gasteiger partial charge in [-0.15, -0.1) is 0 Å². The minimum absolute atomic E-state index is 0.141. The van der Waals surface area contributed by atoms with Crippen LogP contribution in [0.4, 0.5) is 4.39 Å². The largest absolute Gasteiger partial charge is 0.310 e. The fourth-order valence-electron chi connectivity index (χ4n) is 5.82. The number of pyridine rings is 1. The summed E-state index contributed by atoms with van der Waals surface area (Å²) in [5.74, 6) is 4.02. The van der Waals surface area contributed by atoms with Crippen molar-refractivity contribution >= 4 is 0 Å². The molecule has 0 saturated heterocycles. The van der Waals surface area contributed by atoms with Gasteiger partial charge < -0.3 is 5.32 Å². The summed E-state index contributed by atoms with van der Waals surface area (Å²) in [6, 6.07) is 2.06. The fraction of sp³-hybridized carbons (Fsp3) is 0.722. The lowest BCUT2D eigenvalue weighted by atomic mass is 9.50. The van der Waals surface area contributed by atoms with Crippen LogP contribution in [0.1, 0.15) is 50.6 Å². The Morgan fingerprint density at radius 1 is 1.19 bits per heavy atom. The summed E-state index contributed by atoms with van der Waals surface area (Å²) in [6.07, 6.45) is 10.1. The van der Waals surface area contributed by atoms with Crippen LogP contribution in [-0.2, 0) is 0 Å². The van der Waals surface area contributed by atoms with E-state index in [0.29, 0.717) is 5.92 Å². The molecule has 1 aromatic heterocycles. The van der Waals surface area contributed by atoms with Crippen LogP contribution in [0.5, 0.6) is 0 Å². The molecule has 1 aromatic rings. The predicted molar refractivity (Wildman–Crippen MR) is 81.1 cm³/mol. The number of nitrogens with one attached hydrogen (secondary N) is 1. The highest BCUT2D eigenvalue weighted by atomic mass is 19.1. The first kappa shape index (κ1) is 13.7. The van der Waals surface area contributed by atoms with Gasteiger partial charge in [0.2, 0.25) is 0 Å². The quantitative estimate of drug-likeness (QED) is 0.907. The second kappa shape index (κ2) is 5.35. The Morgan fingerprint density at radius 3 is 2.43 bits per heavy atom. The molecule has 0 amide bonds. The van der Waals surface area contributed by atoms with Crippen molar-refractivity contribution in [2.24, 2.45) is 29.6 Å². The highest BCUT2D eigenvalue weighted by Crippen LogP contribution is 2.59. The van der Waals surface area contributed by atoms with Gasteiger partial charge in [-0.2, -0.15) is 0 Å². The Kier molecular flexibility index (Phi) is 3.49. The first-order chi connectivity index (χ1) is 10.3. The second-order valence-electron chi connectivity index (χ2n) is 7.44. The zero-order chi connectivity index (χ0) is 14.4. The molecule has 1 atom stereocenters.